The fraction of sp³-hybridized carbons (Fsp3) is 0.214. The van der Waals surface area contributed by atoms with Crippen LogP contribution in [-0.2, 0) is 0 Å². The lowest BCUT2D eigenvalue weighted by Gasteiger charge is -2.31. The molecule has 1 N–H and O–H groups in total. The number of aryl methyl sites for hydroxylation is 1. The molecule has 1 aliphatic heterocycles. The number of hydrogen-bond acceptors (Lipinski definition) is 7. The SMILES string of the molecule is Cc1ccc(C(=O)Nc2ccc(-n3ccnc3)cc2)c(C2CCN(C(=O)Oc3ccccc3[N+](=O)[O-])CC2)n1. The number of amides is 2. The average Bonchev–Trinajstić information content (AvgIpc) is 3.49. The Hall–Kier alpha value is -5.06. The van der Waals surface area contributed by atoms with Gasteiger partial charge in [0.05, 0.1) is 22.5 Å². The molecule has 39 heavy (non-hydrogen) atoms. The van der Waals surface area contributed by atoms with Gasteiger partial charge in [-0.25, -0.2) is 9.78 Å². The summed E-state index contributed by atoms with van der Waals surface area (Å²) in [7, 11) is 0. The summed E-state index contributed by atoms with van der Waals surface area (Å²) in [4.78, 5) is 46.9. The number of nitrogens with one attached hydrogen (secondary N) is 1. The van der Waals surface area contributed by atoms with Crippen LogP contribution in [0.25, 0.3) is 5.69 Å². The number of imidazole rings is 1. The number of hydrogen-bond donors (Lipinski definition) is 1. The van der Waals surface area contributed by atoms with Crippen LogP contribution in [0, 0.1) is 17.0 Å². The number of aromatic nitrogens is 3. The van der Waals surface area contributed by atoms with Crippen LogP contribution < -0.4 is 10.1 Å². The number of rotatable bonds is 6. The number of nitro groups is 1. The molecule has 11 heteroatoms. The summed E-state index contributed by atoms with van der Waals surface area (Å²) < 4.78 is 7.20. The minimum Gasteiger partial charge on any atom is -0.403 e. The van der Waals surface area contributed by atoms with Gasteiger partial charge in [-0.2, -0.15) is 0 Å². The molecule has 2 aromatic heterocycles. The van der Waals surface area contributed by atoms with E-state index in [2.05, 4.69) is 10.3 Å². The number of nitro benzene ring substituents is 1. The third-order valence-electron chi connectivity index (χ3n) is 6.64. The quantitative estimate of drug-likeness (QED) is 0.272. The molecule has 0 bridgehead atoms. The van der Waals surface area contributed by atoms with Crippen molar-refractivity contribution in [3.8, 4) is 11.4 Å². The molecule has 0 saturated carbocycles. The highest BCUT2D eigenvalue weighted by Crippen LogP contribution is 2.31. The third-order valence-corrected chi connectivity index (χ3v) is 6.64. The Bertz CT molecular complexity index is 1500. The van der Waals surface area contributed by atoms with Crippen molar-refractivity contribution in [3.63, 3.8) is 0 Å². The second-order valence-electron chi connectivity index (χ2n) is 9.21. The number of para-hydroxylation sites is 2. The smallest absolute Gasteiger partial charge is 0.403 e. The standard InChI is InChI=1S/C28H26N6O5/c1-19-6-11-23(27(35)31-21-7-9-22(10-8-21)33-17-14-29-18-33)26(30-19)20-12-15-32(16-13-20)28(36)39-25-5-3-2-4-24(25)34(37)38/h2-11,14,17-18,20H,12-13,15-16H2,1H3,(H,31,35). The molecule has 0 unspecified atom stereocenters. The summed E-state index contributed by atoms with van der Waals surface area (Å²) in [6.45, 7) is 2.62. The predicted octanol–water partition coefficient (Wildman–Crippen LogP) is 5.11. The van der Waals surface area contributed by atoms with Gasteiger partial charge in [0.1, 0.15) is 0 Å². The molecule has 0 spiro atoms. The van der Waals surface area contributed by atoms with Crippen LogP contribution in [0.2, 0.25) is 0 Å². The molecule has 0 aliphatic carbocycles. The Labute approximate surface area is 224 Å². The van der Waals surface area contributed by atoms with Gasteiger partial charge in [-0.3, -0.25) is 19.9 Å². The second-order valence-corrected chi connectivity index (χ2v) is 9.21. The van der Waals surface area contributed by atoms with E-state index in [1.807, 2.05) is 42.0 Å². The molecule has 1 fully saturated rings. The highest BCUT2D eigenvalue weighted by molar-refractivity contribution is 6.05. The number of pyridine rings is 1. The van der Waals surface area contributed by atoms with Crippen LogP contribution in [0.1, 0.15) is 40.5 Å². The van der Waals surface area contributed by atoms with E-state index in [-0.39, 0.29) is 23.3 Å². The zero-order valence-corrected chi connectivity index (χ0v) is 21.2. The summed E-state index contributed by atoms with van der Waals surface area (Å²) in [5.74, 6) is -0.387. The van der Waals surface area contributed by atoms with E-state index in [4.69, 9.17) is 9.72 Å². The number of benzene rings is 2. The molecule has 1 saturated heterocycles. The first-order valence-corrected chi connectivity index (χ1v) is 12.5. The second kappa shape index (κ2) is 11.1. The lowest BCUT2D eigenvalue weighted by Crippen LogP contribution is -2.40. The molecular formula is C28H26N6O5. The highest BCUT2D eigenvalue weighted by Gasteiger charge is 2.30. The van der Waals surface area contributed by atoms with Gasteiger partial charge in [0.15, 0.2) is 0 Å². The summed E-state index contributed by atoms with van der Waals surface area (Å²) >= 11 is 0. The highest BCUT2D eigenvalue weighted by atomic mass is 16.6. The molecule has 0 atom stereocenters. The molecule has 4 aromatic rings. The Balaban J connectivity index is 1.25. The molecule has 2 aromatic carbocycles. The van der Waals surface area contributed by atoms with E-state index in [1.54, 1.807) is 30.7 Å². The Morgan fingerprint density at radius 3 is 2.49 bits per heavy atom. The number of carbonyl (C=O) groups excluding carboxylic acids is 2. The maximum atomic E-state index is 13.3. The zero-order chi connectivity index (χ0) is 27.4. The number of ether oxygens (including phenoxy) is 1. The van der Waals surface area contributed by atoms with Gasteiger partial charge in [-0.15, -0.1) is 0 Å². The van der Waals surface area contributed by atoms with Crippen LogP contribution in [0.5, 0.6) is 5.75 Å². The van der Waals surface area contributed by atoms with E-state index in [0.717, 1.165) is 11.4 Å². The van der Waals surface area contributed by atoms with Crippen molar-refractivity contribution >= 4 is 23.4 Å². The van der Waals surface area contributed by atoms with Gasteiger partial charge in [-0.05, 0) is 62.2 Å². The summed E-state index contributed by atoms with van der Waals surface area (Å²) in [6, 6.07) is 16.8. The molecule has 5 rings (SSSR count). The zero-order valence-electron chi connectivity index (χ0n) is 21.2. The van der Waals surface area contributed by atoms with Crippen molar-refractivity contribution in [2.75, 3.05) is 18.4 Å². The van der Waals surface area contributed by atoms with Crippen molar-refractivity contribution in [1.29, 1.82) is 0 Å². The summed E-state index contributed by atoms with van der Waals surface area (Å²) in [5, 5.41) is 14.2. The van der Waals surface area contributed by atoms with Gasteiger partial charge in [0.2, 0.25) is 5.75 Å². The molecule has 2 amide bonds. The van der Waals surface area contributed by atoms with E-state index in [0.29, 0.717) is 42.9 Å². The van der Waals surface area contributed by atoms with E-state index >= 15 is 0 Å². The molecule has 3 heterocycles. The minimum absolute atomic E-state index is 0.0376. The molecule has 11 nitrogen and oxygen atoms in total. The maximum Gasteiger partial charge on any atom is 0.415 e. The van der Waals surface area contributed by atoms with Crippen LogP contribution in [-0.4, -0.2) is 49.4 Å². The van der Waals surface area contributed by atoms with Crippen molar-refractivity contribution in [1.82, 2.24) is 19.4 Å². The number of carbonyl (C=O) groups is 2. The predicted molar refractivity (Wildman–Crippen MR) is 143 cm³/mol. The monoisotopic (exact) mass is 526 g/mol. The average molecular weight is 527 g/mol. The normalized spacial score (nSPS) is 13.6. The van der Waals surface area contributed by atoms with E-state index < -0.39 is 11.0 Å². The van der Waals surface area contributed by atoms with Crippen molar-refractivity contribution in [2.24, 2.45) is 0 Å². The van der Waals surface area contributed by atoms with Gasteiger partial charge in [-0.1, -0.05) is 12.1 Å². The van der Waals surface area contributed by atoms with Gasteiger partial charge < -0.3 is 19.5 Å². The van der Waals surface area contributed by atoms with Crippen LogP contribution >= 0.6 is 0 Å². The van der Waals surface area contributed by atoms with E-state index in [1.165, 1.54) is 23.1 Å². The van der Waals surface area contributed by atoms with Crippen molar-refractivity contribution in [2.45, 2.75) is 25.7 Å². The first kappa shape index (κ1) is 25.6. The number of nitrogens with zero attached hydrogens (tertiary/aromatic N) is 5. The number of anilines is 1. The Kier molecular flexibility index (Phi) is 7.30. The molecule has 198 valence electrons. The summed E-state index contributed by atoms with van der Waals surface area (Å²) in [6.07, 6.45) is 5.74. The van der Waals surface area contributed by atoms with Crippen LogP contribution in [0.3, 0.4) is 0 Å². The minimum atomic E-state index is -0.642. The fourth-order valence-electron chi connectivity index (χ4n) is 4.60. The molecule has 1 aliphatic rings. The molecule has 0 radical (unpaired) electrons. The van der Waals surface area contributed by atoms with Gasteiger partial charge >= 0.3 is 11.8 Å². The summed E-state index contributed by atoms with van der Waals surface area (Å²) in [5.41, 5.74) is 3.29. The van der Waals surface area contributed by atoms with Crippen LogP contribution in [0.4, 0.5) is 16.2 Å². The Morgan fingerprint density at radius 1 is 1.05 bits per heavy atom. The first-order valence-electron chi connectivity index (χ1n) is 12.5. The van der Waals surface area contributed by atoms with Gasteiger partial charge in [0.25, 0.3) is 5.91 Å². The van der Waals surface area contributed by atoms with Gasteiger partial charge in [0, 0.05) is 54.5 Å². The first-order chi connectivity index (χ1) is 18.9. The Morgan fingerprint density at radius 2 is 1.79 bits per heavy atom. The third kappa shape index (κ3) is 5.77. The van der Waals surface area contributed by atoms with Crippen LogP contribution in [0.15, 0.2) is 79.4 Å². The van der Waals surface area contributed by atoms with Crippen molar-refractivity contribution < 1.29 is 19.2 Å². The largest absolute Gasteiger partial charge is 0.415 e. The van der Waals surface area contributed by atoms with E-state index in [9.17, 15) is 19.7 Å². The topological polar surface area (TPSA) is 132 Å². The number of piperidine rings is 1. The van der Waals surface area contributed by atoms with Crippen molar-refractivity contribution in [3.05, 3.63) is 106 Å². The lowest BCUT2D eigenvalue weighted by atomic mass is 9.90. The number of likely N-dealkylation sites (tertiary alicyclic amines) is 1. The lowest BCUT2D eigenvalue weighted by molar-refractivity contribution is -0.385. The molecular weight excluding hydrogens is 500 g/mol. The maximum absolute atomic E-state index is 13.3. The fourth-order valence-corrected chi connectivity index (χ4v) is 4.60.